The number of nitrogens with zero attached hydrogens (tertiary/aromatic N) is 4. The van der Waals surface area contributed by atoms with Gasteiger partial charge in [-0.05, 0) is 18.8 Å². The highest BCUT2D eigenvalue weighted by atomic mass is 32.2. The topological polar surface area (TPSA) is 134 Å². The molecule has 3 rings (SSSR count). The normalized spacial score (nSPS) is 19.2. The number of fused-ring (bicyclic) bond motifs is 1. The first-order chi connectivity index (χ1) is 11.3. The van der Waals surface area contributed by atoms with Gasteiger partial charge in [0.2, 0.25) is 0 Å². The Morgan fingerprint density at radius 2 is 2.08 bits per heavy atom. The lowest BCUT2D eigenvalue weighted by atomic mass is 9.97. The molecule has 0 spiro atoms. The van der Waals surface area contributed by atoms with E-state index in [1.54, 1.807) is 11.9 Å². The van der Waals surface area contributed by atoms with Gasteiger partial charge in [0.05, 0.1) is 12.1 Å². The van der Waals surface area contributed by atoms with Gasteiger partial charge in [0.1, 0.15) is 18.0 Å². The van der Waals surface area contributed by atoms with E-state index in [9.17, 15) is 13.2 Å². The van der Waals surface area contributed by atoms with Crippen molar-refractivity contribution in [1.82, 2.24) is 19.6 Å². The van der Waals surface area contributed by atoms with Crippen LogP contribution in [-0.2, 0) is 16.8 Å². The second kappa shape index (κ2) is 6.49. The summed E-state index contributed by atoms with van der Waals surface area (Å²) in [4.78, 5) is 24.0. The van der Waals surface area contributed by atoms with Gasteiger partial charge in [0.25, 0.3) is 10.2 Å². The standard InChI is InChI=1S/C13H21N7O3S/c1-19-7-10-11(18-13(19)21)15-8-16-12(10)20-4-2-9(3-5-20)6-17-24(14,22)23/h8-9,17H,2-7H2,1H3,(H2,14,22,23)(H,15,16,18,21). The van der Waals surface area contributed by atoms with Crippen molar-refractivity contribution >= 4 is 27.9 Å². The first-order valence-electron chi connectivity index (χ1n) is 7.72. The summed E-state index contributed by atoms with van der Waals surface area (Å²) in [5.41, 5.74) is 0.903. The first-order valence-corrected chi connectivity index (χ1v) is 9.26. The summed E-state index contributed by atoms with van der Waals surface area (Å²) >= 11 is 0. The van der Waals surface area contributed by atoms with Gasteiger partial charge in [0.15, 0.2) is 0 Å². The highest BCUT2D eigenvalue weighted by molar-refractivity contribution is 7.87. The van der Waals surface area contributed by atoms with E-state index < -0.39 is 10.2 Å². The van der Waals surface area contributed by atoms with Crippen LogP contribution in [0.5, 0.6) is 0 Å². The first kappa shape index (κ1) is 16.9. The average Bonchev–Trinajstić information content (AvgIpc) is 2.53. The molecule has 2 amide bonds. The second-order valence-corrected chi connectivity index (χ2v) is 7.51. The number of rotatable bonds is 4. The molecule has 2 aliphatic rings. The minimum atomic E-state index is -3.64. The van der Waals surface area contributed by atoms with Gasteiger partial charge in [-0.15, -0.1) is 0 Å². The van der Waals surface area contributed by atoms with Crippen LogP contribution < -0.4 is 20.1 Å². The van der Waals surface area contributed by atoms with Gasteiger partial charge in [-0.3, -0.25) is 5.32 Å². The Hall–Kier alpha value is -1.98. The fourth-order valence-electron chi connectivity index (χ4n) is 3.02. The number of amides is 2. The molecule has 132 valence electrons. The van der Waals surface area contributed by atoms with E-state index in [0.717, 1.165) is 37.3 Å². The Balaban J connectivity index is 1.67. The maximum absolute atomic E-state index is 11.7. The fourth-order valence-corrected chi connectivity index (χ4v) is 3.49. The molecular formula is C13H21N7O3S. The lowest BCUT2D eigenvalue weighted by Gasteiger charge is -2.35. The number of carbonyl (C=O) groups excluding carboxylic acids is 1. The molecule has 0 bridgehead atoms. The third kappa shape index (κ3) is 3.74. The summed E-state index contributed by atoms with van der Waals surface area (Å²) in [6.07, 6.45) is 3.13. The van der Waals surface area contributed by atoms with Gasteiger partial charge in [-0.2, -0.15) is 8.42 Å². The third-order valence-corrected chi connectivity index (χ3v) is 4.95. The van der Waals surface area contributed by atoms with Crippen LogP contribution in [-0.4, -0.2) is 56.0 Å². The van der Waals surface area contributed by atoms with E-state index in [-0.39, 0.29) is 11.9 Å². The molecule has 0 radical (unpaired) electrons. The minimum absolute atomic E-state index is 0.181. The predicted octanol–water partition coefficient (Wildman–Crippen LogP) is -0.537. The third-order valence-electron chi connectivity index (χ3n) is 4.38. The maximum atomic E-state index is 11.7. The van der Waals surface area contributed by atoms with Crippen LogP contribution in [0.25, 0.3) is 0 Å². The van der Waals surface area contributed by atoms with Gasteiger partial charge < -0.3 is 9.80 Å². The number of anilines is 2. The summed E-state index contributed by atoms with van der Waals surface area (Å²) in [5.74, 6) is 1.63. The largest absolute Gasteiger partial charge is 0.356 e. The Labute approximate surface area is 140 Å². The van der Waals surface area contributed by atoms with E-state index in [2.05, 4.69) is 24.9 Å². The molecule has 0 atom stereocenters. The van der Waals surface area contributed by atoms with Gasteiger partial charge in [-0.1, -0.05) is 0 Å². The molecule has 10 nitrogen and oxygen atoms in total. The number of hydrogen-bond donors (Lipinski definition) is 3. The molecule has 0 aliphatic carbocycles. The highest BCUT2D eigenvalue weighted by Gasteiger charge is 2.28. The van der Waals surface area contributed by atoms with Crippen molar-refractivity contribution in [3.63, 3.8) is 0 Å². The molecule has 0 aromatic carbocycles. The second-order valence-electron chi connectivity index (χ2n) is 6.13. The van der Waals surface area contributed by atoms with Gasteiger partial charge in [-0.25, -0.2) is 24.6 Å². The summed E-state index contributed by atoms with van der Waals surface area (Å²) in [6, 6.07) is -0.181. The zero-order valence-electron chi connectivity index (χ0n) is 13.4. The number of hydrogen-bond acceptors (Lipinski definition) is 6. The summed E-state index contributed by atoms with van der Waals surface area (Å²) in [5, 5.41) is 7.72. The van der Waals surface area contributed by atoms with E-state index in [0.29, 0.717) is 18.9 Å². The number of carbonyl (C=O) groups is 1. The average molecular weight is 355 g/mol. The van der Waals surface area contributed by atoms with Crippen LogP contribution in [0.15, 0.2) is 6.33 Å². The molecule has 1 aromatic rings. The Morgan fingerprint density at radius 1 is 1.38 bits per heavy atom. The molecule has 4 N–H and O–H groups in total. The molecule has 24 heavy (non-hydrogen) atoms. The van der Waals surface area contributed by atoms with Crippen molar-refractivity contribution in [3.8, 4) is 0 Å². The smallest absolute Gasteiger partial charge is 0.323 e. The molecular weight excluding hydrogens is 334 g/mol. The molecule has 0 unspecified atom stereocenters. The Kier molecular flexibility index (Phi) is 4.56. The van der Waals surface area contributed by atoms with Crippen LogP contribution in [0.4, 0.5) is 16.4 Å². The maximum Gasteiger partial charge on any atom is 0.323 e. The van der Waals surface area contributed by atoms with Crippen molar-refractivity contribution in [3.05, 3.63) is 11.9 Å². The van der Waals surface area contributed by atoms with E-state index in [4.69, 9.17) is 5.14 Å². The van der Waals surface area contributed by atoms with Crippen molar-refractivity contribution in [2.45, 2.75) is 19.4 Å². The molecule has 11 heteroatoms. The lowest BCUT2D eigenvalue weighted by Crippen LogP contribution is -2.42. The minimum Gasteiger partial charge on any atom is -0.356 e. The van der Waals surface area contributed by atoms with Crippen molar-refractivity contribution in [2.24, 2.45) is 11.1 Å². The number of aromatic nitrogens is 2. The molecule has 1 saturated heterocycles. The number of nitrogens with two attached hydrogens (primary N) is 1. The van der Waals surface area contributed by atoms with Crippen LogP contribution in [0, 0.1) is 5.92 Å². The lowest BCUT2D eigenvalue weighted by molar-refractivity contribution is 0.218. The predicted molar refractivity (Wildman–Crippen MR) is 88.6 cm³/mol. The monoisotopic (exact) mass is 355 g/mol. The number of nitrogens with one attached hydrogen (secondary N) is 2. The van der Waals surface area contributed by atoms with Crippen LogP contribution in [0.2, 0.25) is 0 Å². The van der Waals surface area contributed by atoms with Crippen molar-refractivity contribution < 1.29 is 13.2 Å². The van der Waals surface area contributed by atoms with E-state index in [1.165, 1.54) is 6.33 Å². The van der Waals surface area contributed by atoms with E-state index in [1.807, 2.05) is 0 Å². The number of piperidine rings is 1. The van der Waals surface area contributed by atoms with E-state index >= 15 is 0 Å². The Morgan fingerprint density at radius 3 is 2.75 bits per heavy atom. The summed E-state index contributed by atoms with van der Waals surface area (Å²) in [6.45, 7) is 2.34. The zero-order chi connectivity index (χ0) is 17.3. The molecule has 2 aliphatic heterocycles. The summed E-state index contributed by atoms with van der Waals surface area (Å²) < 4.78 is 24.3. The number of urea groups is 1. The van der Waals surface area contributed by atoms with Gasteiger partial charge >= 0.3 is 6.03 Å². The fraction of sp³-hybridized carbons (Fsp3) is 0.615. The zero-order valence-corrected chi connectivity index (χ0v) is 14.2. The van der Waals surface area contributed by atoms with Gasteiger partial charge in [0, 0.05) is 26.7 Å². The molecule has 1 fully saturated rings. The molecule has 0 saturated carbocycles. The quantitative estimate of drug-likeness (QED) is 0.664. The van der Waals surface area contributed by atoms with Crippen LogP contribution in [0.3, 0.4) is 0 Å². The van der Waals surface area contributed by atoms with Crippen LogP contribution in [0.1, 0.15) is 18.4 Å². The van der Waals surface area contributed by atoms with Crippen molar-refractivity contribution in [1.29, 1.82) is 0 Å². The summed E-state index contributed by atoms with van der Waals surface area (Å²) in [7, 11) is -1.92. The highest BCUT2D eigenvalue weighted by Crippen LogP contribution is 2.30. The Bertz CT molecular complexity index is 731. The molecule has 1 aromatic heterocycles. The van der Waals surface area contributed by atoms with Crippen LogP contribution >= 0.6 is 0 Å². The SMILES string of the molecule is CN1Cc2c(ncnc2N2CCC(CNS(N)(=O)=O)CC2)NC1=O. The molecule has 3 heterocycles. The van der Waals surface area contributed by atoms with Crippen molar-refractivity contribution in [2.75, 3.05) is 36.9 Å².